The van der Waals surface area contributed by atoms with Crippen LogP contribution in [0.2, 0.25) is 0 Å². The van der Waals surface area contributed by atoms with Gasteiger partial charge in [0.1, 0.15) is 5.69 Å². The summed E-state index contributed by atoms with van der Waals surface area (Å²) < 4.78 is 0. The molecule has 0 atom stereocenters. The van der Waals surface area contributed by atoms with Crippen molar-refractivity contribution >= 4 is 11.8 Å². The van der Waals surface area contributed by atoms with Crippen LogP contribution in [0.1, 0.15) is 36.7 Å². The van der Waals surface area contributed by atoms with Crippen LogP contribution in [-0.4, -0.2) is 57.8 Å². The molecule has 2 aliphatic rings. The highest BCUT2D eigenvalue weighted by Gasteiger charge is 2.48. The zero-order valence-electron chi connectivity index (χ0n) is 12.3. The summed E-state index contributed by atoms with van der Waals surface area (Å²) in [5.41, 5.74) is 0.149. The van der Waals surface area contributed by atoms with E-state index < -0.39 is 0 Å². The topological polar surface area (TPSA) is 66.4 Å². The van der Waals surface area contributed by atoms with Gasteiger partial charge in [0.15, 0.2) is 0 Å². The number of likely N-dealkylation sites (tertiary alicyclic amines) is 2. The number of amides is 2. The predicted molar refractivity (Wildman–Crippen MR) is 76.5 cm³/mol. The third kappa shape index (κ3) is 2.39. The van der Waals surface area contributed by atoms with Gasteiger partial charge < -0.3 is 9.80 Å². The molecule has 0 aliphatic carbocycles. The number of piperidine rings is 1. The fraction of sp³-hybridized carbons (Fsp3) is 0.600. The summed E-state index contributed by atoms with van der Waals surface area (Å²) >= 11 is 0. The Morgan fingerprint density at radius 1 is 1.24 bits per heavy atom. The second kappa shape index (κ2) is 5.42. The maximum Gasteiger partial charge on any atom is 0.274 e. The van der Waals surface area contributed by atoms with E-state index in [0.717, 1.165) is 32.4 Å². The molecule has 1 aromatic heterocycles. The normalized spacial score (nSPS) is 21.1. The molecule has 3 heterocycles. The largest absolute Gasteiger partial charge is 0.342 e. The van der Waals surface area contributed by atoms with Gasteiger partial charge in [-0.2, -0.15) is 0 Å². The van der Waals surface area contributed by atoms with Crippen LogP contribution in [0.3, 0.4) is 0 Å². The standard InChI is InChI=1S/C15H20N4O2/c1-2-18-8-3-15(14(18)21)4-9-19(10-5-15)13(20)12-11-16-6-7-17-12/h6-7,11H,2-5,8-10H2,1H3. The van der Waals surface area contributed by atoms with E-state index in [1.54, 1.807) is 11.1 Å². The molecule has 3 rings (SSSR count). The quantitative estimate of drug-likeness (QED) is 0.812. The minimum atomic E-state index is -0.227. The van der Waals surface area contributed by atoms with Crippen LogP contribution < -0.4 is 0 Å². The average molecular weight is 288 g/mol. The van der Waals surface area contributed by atoms with E-state index in [0.29, 0.717) is 18.8 Å². The van der Waals surface area contributed by atoms with Crippen molar-refractivity contribution in [3.8, 4) is 0 Å². The molecule has 1 spiro atoms. The van der Waals surface area contributed by atoms with Gasteiger partial charge in [-0.3, -0.25) is 14.6 Å². The second-order valence-electron chi connectivity index (χ2n) is 5.80. The van der Waals surface area contributed by atoms with Crippen LogP contribution >= 0.6 is 0 Å². The van der Waals surface area contributed by atoms with E-state index in [4.69, 9.17) is 0 Å². The molecule has 112 valence electrons. The van der Waals surface area contributed by atoms with Gasteiger partial charge >= 0.3 is 0 Å². The van der Waals surface area contributed by atoms with E-state index in [-0.39, 0.29) is 17.2 Å². The van der Waals surface area contributed by atoms with Gasteiger partial charge in [-0.1, -0.05) is 0 Å². The molecular formula is C15H20N4O2. The molecule has 0 aromatic carbocycles. The number of hydrogen-bond donors (Lipinski definition) is 0. The number of carbonyl (C=O) groups excluding carboxylic acids is 2. The van der Waals surface area contributed by atoms with E-state index in [1.807, 2.05) is 11.8 Å². The lowest BCUT2D eigenvalue weighted by atomic mass is 9.77. The Labute approximate surface area is 124 Å². The molecule has 0 N–H and O–H groups in total. The molecule has 6 nitrogen and oxygen atoms in total. The van der Waals surface area contributed by atoms with Crippen LogP contribution in [-0.2, 0) is 4.79 Å². The molecule has 21 heavy (non-hydrogen) atoms. The lowest BCUT2D eigenvalue weighted by Crippen LogP contribution is -2.46. The van der Waals surface area contributed by atoms with Crippen molar-refractivity contribution in [2.75, 3.05) is 26.2 Å². The molecule has 1 aromatic rings. The summed E-state index contributed by atoms with van der Waals surface area (Å²) in [7, 11) is 0. The molecule has 0 unspecified atom stereocenters. The Balaban J connectivity index is 1.66. The zero-order chi connectivity index (χ0) is 14.9. The Kier molecular flexibility index (Phi) is 3.61. The van der Waals surface area contributed by atoms with Gasteiger partial charge in [0, 0.05) is 38.6 Å². The van der Waals surface area contributed by atoms with E-state index in [1.165, 1.54) is 12.4 Å². The van der Waals surface area contributed by atoms with Crippen molar-refractivity contribution in [3.05, 3.63) is 24.3 Å². The summed E-state index contributed by atoms with van der Waals surface area (Å²) in [4.78, 5) is 36.5. The first-order valence-corrected chi connectivity index (χ1v) is 7.51. The predicted octanol–water partition coefficient (Wildman–Crippen LogP) is 0.951. The first-order valence-electron chi connectivity index (χ1n) is 7.51. The first kappa shape index (κ1) is 14.0. The van der Waals surface area contributed by atoms with Crippen molar-refractivity contribution in [3.63, 3.8) is 0 Å². The Morgan fingerprint density at radius 3 is 2.52 bits per heavy atom. The van der Waals surface area contributed by atoms with Crippen molar-refractivity contribution < 1.29 is 9.59 Å². The summed E-state index contributed by atoms with van der Waals surface area (Å²) in [6, 6.07) is 0. The average Bonchev–Trinajstić information content (AvgIpc) is 2.85. The van der Waals surface area contributed by atoms with Crippen LogP contribution in [0.15, 0.2) is 18.6 Å². The van der Waals surface area contributed by atoms with Gasteiger partial charge in [-0.15, -0.1) is 0 Å². The molecule has 0 saturated carbocycles. The Hall–Kier alpha value is -1.98. The van der Waals surface area contributed by atoms with E-state index in [2.05, 4.69) is 9.97 Å². The third-order valence-electron chi connectivity index (χ3n) is 4.77. The summed E-state index contributed by atoms with van der Waals surface area (Å²) in [5.74, 6) is 0.187. The SMILES string of the molecule is CCN1CCC2(CCN(C(=O)c3cnccn3)CC2)C1=O. The van der Waals surface area contributed by atoms with Crippen molar-refractivity contribution in [2.24, 2.45) is 5.41 Å². The first-order chi connectivity index (χ1) is 10.2. The van der Waals surface area contributed by atoms with Crippen LogP contribution in [0.4, 0.5) is 0 Å². The number of carbonyl (C=O) groups is 2. The summed E-state index contributed by atoms with van der Waals surface area (Å²) in [5, 5.41) is 0. The summed E-state index contributed by atoms with van der Waals surface area (Å²) in [6.45, 7) is 4.90. The second-order valence-corrected chi connectivity index (χ2v) is 5.80. The number of rotatable bonds is 2. The molecule has 2 fully saturated rings. The molecule has 6 heteroatoms. The van der Waals surface area contributed by atoms with Gasteiger partial charge in [-0.25, -0.2) is 4.98 Å². The monoisotopic (exact) mass is 288 g/mol. The smallest absolute Gasteiger partial charge is 0.274 e. The van der Waals surface area contributed by atoms with Crippen LogP contribution in [0.5, 0.6) is 0 Å². The lowest BCUT2D eigenvalue weighted by Gasteiger charge is -2.37. The number of nitrogens with zero attached hydrogens (tertiary/aromatic N) is 4. The highest BCUT2D eigenvalue weighted by atomic mass is 16.2. The third-order valence-corrected chi connectivity index (χ3v) is 4.77. The maximum atomic E-state index is 12.5. The fourth-order valence-electron chi connectivity index (χ4n) is 3.37. The van der Waals surface area contributed by atoms with Crippen molar-refractivity contribution in [1.29, 1.82) is 0 Å². The highest BCUT2D eigenvalue weighted by Crippen LogP contribution is 2.41. The van der Waals surface area contributed by atoms with E-state index in [9.17, 15) is 9.59 Å². The molecule has 2 saturated heterocycles. The minimum Gasteiger partial charge on any atom is -0.342 e. The van der Waals surface area contributed by atoms with Gasteiger partial charge in [0.2, 0.25) is 5.91 Å². The van der Waals surface area contributed by atoms with Gasteiger partial charge in [0.25, 0.3) is 5.91 Å². The van der Waals surface area contributed by atoms with Crippen molar-refractivity contribution in [2.45, 2.75) is 26.2 Å². The molecule has 0 bridgehead atoms. The lowest BCUT2D eigenvalue weighted by molar-refractivity contribution is -0.137. The molecule has 0 radical (unpaired) electrons. The van der Waals surface area contributed by atoms with E-state index >= 15 is 0 Å². The molecule has 2 amide bonds. The Bertz CT molecular complexity index is 538. The summed E-state index contributed by atoms with van der Waals surface area (Å²) in [6.07, 6.45) is 7.01. The van der Waals surface area contributed by atoms with Crippen LogP contribution in [0.25, 0.3) is 0 Å². The molecular weight excluding hydrogens is 268 g/mol. The maximum absolute atomic E-state index is 12.5. The Morgan fingerprint density at radius 2 is 1.95 bits per heavy atom. The van der Waals surface area contributed by atoms with Gasteiger partial charge in [0.05, 0.1) is 11.6 Å². The molecule has 2 aliphatic heterocycles. The minimum absolute atomic E-state index is 0.0873. The van der Waals surface area contributed by atoms with Crippen molar-refractivity contribution in [1.82, 2.24) is 19.8 Å². The van der Waals surface area contributed by atoms with Crippen LogP contribution in [0, 0.1) is 5.41 Å². The number of hydrogen-bond acceptors (Lipinski definition) is 4. The highest BCUT2D eigenvalue weighted by molar-refractivity contribution is 5.92. The van der Waals surface area contributed by atoms with Gasteiger partial charge in [-0.05, 0) is 26.2 Å². The fourth-order valence-corrected chi connectivity index (χ4v) is 3.37. The number of aromatic nitrogens is 2. The zero-order valence-corrected chi connectivity index (χ0v) is 12.3.